The highest BCUT2D eigenvalue weighted by molar-refractivity contribution is 6.35. The predicted molar refractivity (Wildman–Crippen MR) is 98.1 cm³/mol. The maximum atomic E-state index is 13.1. The van der Waals surface area contributed by atoms with Crippen LogP contribution in [0.15, 0.2) is 42.5 Å². The van der Waals surface area contributed by atoms with Gasteiger partial charge in [0.25, 0.3) is 11.6 Å². The summed E-state index contributed by atoms with van der Waals surface area (Å²) in [7, 11) is 0. The fraction of sp³-hybridized carbons (Fsp3) is 0.0588. The van der Waals surface area contributed by atoms with Crippen LogP contribution in [0.25, 0.3) is 6.08 Å². The number of hydrogen-bond acceptors (Lipinski definition) is 5. The van der Waals surface area contributed by atoms with E-state index in [0.29, 0.717) is 21.7 Å². The Labute approximate surface area is 162 Å². The van der Waals surface area contributed by atoms with Crippen LogP contribution in [-0.2, 0) is 14.3 Å². The van der Waals surface area contributed by atoms with Gasteiger partial charge >= 0.3 is 5.97 Å². The van der Waals surface area contributed by atoms with E-state index in [4.69, 9.17) is 27.9 Å². The summed E-state index contributed by atoms with van der Waals surface area (Å²) in [5.74, 6) is -2.47. The molecule has 0 aliphatic carbocycles. The monoisotopic (exact) mass is 412 g/mol. The summed E-state index contributed by atoms with van der Waals surface area (Å²) in [5.41, 5.74) is -0.317. The first-order chi connectivity index (χ1) is 12.8. The number of carbonyl (C=O) groups excluding carboxylic acids is 2. The number of halogens is 3. The lowest BCUT2D eigenvalue weighted by atomic mass is 10.2. The third kappa shape index (κ3) is 6.05. The average Bonchev–Trinajstić information content (AvgIpc) is 2.60. The third-order valence-electron chi connectivity index (χ3n) is 3.14. The van der Waals surface area contributed by atoms with Gasteiger partial charge in [0, 0.05) is 16.1 Å². The molecule has 0 bridgehead atoms. The number of ether oxygens (including phenoxy) is 1. The van der Waals surface area contributed by atoms with E-state index in [2.05, 4.69) is 5.32 Å². The zero-order valence-electron chi connectivity index (χ0n) is 13.4. The standard InChI is InChI=1S/C17H11Cl2FN2O5/c18-11-3-1-10(13(19)7-11)2-6-17(24)27-9-16(23)21-14-5-4-12(20)8-15(14)22(25)26/h1-8H,9H2,(H,21,23)/b6-2+. The number of nitrogens with zero attached hydrogens (tertiary/aromatic N) is 1. The van der Waals surface area contributed by atoms with E-state index >= 15 is 0 Å². The Kier molecular flexibility index (Phi) is 6.86. The zero-order chi connectivity index (χ0) is 20.0. The first-order valence-corrected chi connectivity index (χ1v) is 8.05. The van der Waals surface area contributed by atoms with Crippen LogP contribution in [0.5, 0.6) is 0 Å². The van der Waals surface area contributed by atoms with Gasteiger partial charge in [-0.1, -0.05) is 29.3 Å². The summed E-state index contributed by atoms with van der Waals surface area (Å²) in [5, 5.41) is 13.8. The van der Waals surface area contributed by atoms with E-state index < -0.39 is 34.9 Å². The quantitative estimate of drug-likeness (QED) is 0.331. The first-order valence-electron chi connectivity index (χ1n) is 7.30. The molecule has 140 valence electrons. The molecule has 0 heterocycles. The van der Waals surface area contributed by atoms with Crippen LogP contribution in [0.2, 0.25) is 10.0 Å². The SMILES string of the molecule is O=C(COC(=O)/C=C/c1ccc(Cl)cc1Cl)Nc1ccc(F)cc1[N+](=O)[O-]. The Bertz CT molecular complexity index is 934. The smallest absolute Gasteiger partial charge is 0.331 e. The van der Waals surface area contributed by atoms with Crippen molar-refractivity contribution >= 4 is 52.5 Å². The van der Waals surface area contributed by atoms with Crippen LogP contribution in [0.4, 0.5) is 15.8 Å². The van der Waals surface area contributed by atoms with Crippen molar-refractivity contribution in [3.05, 3.63) is 74.0 Å². The van der Waals surface area contributed by atoms with Crippen molar-refractivity contribution in [2.75, 3.05) is 11.9 Å². The molecule has 2 rings (SSSR count). The van der Waals surface area contributed by atoms with Gasteiger partial charge in [0.2, 0.25) is 0 Å². The van der Waals surface area contributed by atoms with Crippen LogP contribution < -0.4 is 5.32 Å². The normalized spacial score (nSPS) is 10.6. The molecule has 27 heavy (non-hydrogen) atoms. The van der Waals surface area contributed by atoms with E-state index in [1.807, 2.05) is 0 Å². The van der Waals surface area contributed by atoms with E-state index in [1.165, 1.54) is 12.1 Å². The van der Waals surface area contributed by atoms with Crippen molar-refractivity contribution in [3.8, 4) is 0 Å². The van der Waals surface area contributed by atoms with Crippen LogP contribution in [0, 0.1) is 15.9 Å². The molecular weight excluding hydrogens is 402 g/mol. The maximum absolute atomic E-state index is 13.1. The average molecular weight is 413 g/mol. The lowest BCUT2D eigenvalue weighted by molar-refractivity contribution is -0.384. The Morgan fingerprint density at radius 3 is 2.63 bits per heavy atom. The van der Waals surface area contributed by atoms with Crippen molar-refractivity contribution < 1.29 is 23.6 Å². The van der Waals surface area contributed by atoms with Gasteiger partial charge in [0.05, 0.1) is 11.0 Å². The highest BCUT2D eigenvalue weighted by atomic mass is 35.5. The predicted octanol–water partition coefficient (Wildman–Crippen LogP) is 4.24. The Morgan fingerprint density at radius 2 is 1.96 bits per heavy atom. The van der Waals surface area contributed by atoms with Crippen molar-refractivity contribution in [1.82, 2.24) is 0 Å². The second-order valence-electron chi connectivity index (χ2n) is 5.07. The van der Waals surface area contributed by atoms with Crippen molar-refractivity contribution in [1.29, 1.82) is 0 Å². The van der Waals surface area contributed by atoms with Gasteiger partial charge in [-0.2, -0.15) is 0 Å². The number of rotatable bonds is 6. The van der Waals surface area contributed by atoms with Crippen molar-refractivity contribution in [2.24, 2.45) is 0 Å². The number of carbonyl (C=O) groups is 2. The lowest BCUT2D eigenvalue weighted by Crippen LogP contribution is -2.20. The molecule has 0 saturated carbocycles. The van der Waals surface area contributed by atoms with Gasteiger partial charge < -0.3 is 10.1 Å². The van der Waals surface area contributed by atoms with E-state index in [-0.39, 0.29) is 5.69 Å². The molecular formula is C17H11Cl2FN2O5. The molecule has 0 unspecified atom stereocenters. The summed E-state index contributed by atoms with van der Waals surface area (Å²) >= 11 is 11.7. The largest absolute Gasteiger partial charge is 0.452 e. The number of esters is 1. The van der Waals surface area contributed by atoms with Gasteiger partial charge in [-0.3, -0.25) is 14.9 Å². The molecule has 0 radical (unpaired) electrons. The fourth-order valence-electron chi connectivity index (χ4n) is 1.93. The number of benzene rings is 2. The first kappa shape index (κ1) is 20.3. The van der Waals surface area contributed by atoms with Gasteiger partial charge in [-0.05, 0) is 35.9 Å². The molecule has 0 spiro atoms. The maximum Gasteiger partial charge on any atom is 0.331 e. The number of anilines is 1. The van der Waals surface area contributed by atoms with Crippen LogP contribution >= 0.6 is 23.2 Å². The molecule has 0 atom stereocenters. The minimum absolute atomic E-state index is 0.217. The summed E-state index contributed by atoms with van der Waals surface area (Å²) in [4.78, 5) is 33.5. The summed E-state index contributed by atoms with van der Waals surface area (Å²) in [6.45, 7) is -0.688. The molecule has 0 fully saturated rings. The van der Waals surface area contributed by atoms with Gasteiger partial charge in [0.1, 0.15) is 11.5 Å². The number of nitro benzene ring substituents is 1. The second-order valence-corrected chi connectivity index (χ2v) is 5.92. The molecule has 0 aliphatic heterocycles. The fourth-order valence-corrected chi connectivity index (χ4v) is 2.40. The minimum Gasteiger partial charge on any atom is -0.452 e. The summed E-state index contributed by atoms with van der Waals surface area (Å²) in [6.07, 6.45) is 2.44. The topological polar surface area (TPSA) is 98.5 Å². The molecule has 0 aromatic heterocycles. The van der Waals surface area contributed by atoms with Gasteiger partial charge in [-0.15, -0.1) is 0 Å². The molecule has 1 amide bonds. The Balaban J connectivity index is 1.93. The lowest BCUT2D eigenvalue weighted by Gasteiger charge is -2.06. The van der Waals surface area contributed by atoms with E-state index in [9.17, 15) is 24.1 Å². The summed E-state index contributed by atoms with van der Waals surface area (Å²) in [6, 6.07) is 7.33. The Morgan fingerprint density at radius 1 is 1.22 bits per heavy atom. The molecule has 1 N–H and O–H groups in total. The highest BCUT2D eigenvalue weighted by Crippen LogP contribution is 2.25. The molecule has 2 aromatic rings. The second kappa shape index (κ2) is 9.11. The number of nitro groups is 1. The number of amides is 1. The Hall–Kier alpha value is -2.97. The highest BCUT2D eigenvalue weighted by Gasteiger charge is 2.17. The van der Waals surface area contributed by atoms with Gasteiger partial charge in [0.15, 0.2) is 6.61 Å². The minimum atomic E-state index is -0.844. The van der Waals surface area contributed by atoms with Crippen molar-refractivity contribution in [2.45, 2.75) is 0 Å². The molecule has 0 aliphatic rings. The summed E-state index contributed by atoms with van der Waals surface area (Å²) < 4.78 is 17.8. The zero-order valence-corrected chi connectivity index (χ0v) is 15.0. The van der Waals surface area contributed by atoms with E-state index in [1.54, 1.807) is 12.1 Å². The van der Waals surface area contributed by atoms with E-state index in [0.717, 1.165) is 18.2 Å². The molecule has 7 nitrogen and oxygen atoms in total. The third-order valence-corrected chi connectivity index (χ3v) is 3.70. The molecule has 10 heteroatoms. The van der Waals surface area contributed by atoms with Gasteiger partial charge in [-0.25, -0.2) is 9.18 Å². The molecule has 2 aromatic carbocycles. The van der Waals surface area contributed by atoms with Crippen LogP contribution in [0.1, 0.15) is 5.56 Å². The van der Waals surface area contributed by atoms with Crippen LogP contribution in [0.3, 0.4) is 0 Å². The number of nitrogens with one attached hydrogen (secondary N) is 1. The van der Waals surface area contributed by atoms with Crippen molar-refractivity contribution in [3.63, 3.8) is 0 Å². The molecule has 0 saturated heterocycles. The number of hydrogen-bond donors (Lipinski definition) is 1. The van der Waals surface area contributed by atoms with Crippen LogP contribution in [-0.4, -0.2) is 23.4 Å².